The van der Waals surface area contributed by atoms with Crippen molar-refractivity contribution in [3.8, 4) is 11.5 Å². The summed E-state index contributed by atoms with van der Waals surface area (Å²) in [6.07, 6.45) is 3.79. The molecule has 5 heterocycles. The first-order valence-corrected chi connectivity index (χ1v) is 9.56. The number of nitrogens with two attached hydrogens (primary N) is 1. The zero-order valence-corrected chi connectivity index (χ0v) is 15.9. The molecule has 7 heteroatoms. The summed E-state index contributed by atoms with van der Waals surface area (Å²) in [6.45, 7) is 4.13. The number of hydrogen-bond donors (Lipinski definition) is 1. The summed E-state index contributed by atoms with van der Waals surface area (Å²) < 4.78 is 17.2. The molecule has 27 heavy (non-hydrogen) atoms. The Bertz CT molecular complexity index is 868. The Morgan fingerprint density at radius 2 is 1.78 bits per heavy atom. The third-order valence-electron chi connectivity index (χ3n) is 6.43. The van der Waals surface area contributed by atoms with Crippen molar-refractivity contribution in [3.63, 3.8) is 0 Å². The molecule has 0 aliphatic carbocycles. The van der Waals surface area contributed by atoms with Crippen molar-refractivity contribution in [2.24, 2.45) is 11.7 Å². The zero-order chi connectivity index (χ0) is 18.6. The van der Waals surface area contributed by atoms with E-state index in [9.17, 15) is 0 Å². The topological polar surface area (TPSA) is 73.1 Å². The lowest BCUT2D eigenvalue weighted by atomic mass is 9.75. The zero-order valence-electron chi connectivity index (χ0n) is 15.9. The van der Waals surface area contributed by atoms with Gasteiger partial charge in [0.05, 0.1) is 20.8 Å². The highest BCUT2D eigenvalue weighted by Gasteiger charge is 2.54. The van der Waals surface area contributed by atoms with Crippen LogP contribution in [0.1, 0.15) is 12.8 Å². The molecule has 1 aromatic carbocycles. The third kappa shape index (κ3) is 2.64. The number of hydrogen-bond acceptors (Lipinski definition) is 7. The van der Waals surface area contributed by atoms with Crippen LogP contribution in [-0.2, 0) is 4.74 Å². The second kappa shape index (κ2) is 6.22. The maximum absolute atomic E-state index is 6.39. The fourth-order valence-corrected chi connectivity index (χ4v) is 4.98. The van der Waals surface area contributed by atoms with E-state index in [0.717, 1.165) is 29.7 Å². The minimum atomic E-state index is -0.462. The molecule has 4 aliphatic rings. The summed E-state index contributed by atoms with van der Waals surface area (Å²) in [5.74, 6) is 2.84. The number of benzene rings is 1. The van der Waals surface area contributed by atoms with E-state index in [1.807, 2.05) is 18.3 Å². The molecule has 144 valence electrons. The third-order valence-corrected chi connectivity index (χ3v) is 6.43. The van der Waals surface area contributed by atoms with Gasteiger partial charge in [-0.2, -0.15) is 0 Å². The number of ether oxygens (including phenoxy) is 3. The van der Waals surface area contributed by atoms with Gasteiger partial charge in [-0.25, -0.2) is 4.98 Å². The second-order valence-corrected chi connectivity index (χ2v) is 7.85. The molecule has 2 atom stereocenters. The normalized spacial score (nSPS) is 32.4. The molecule has 2 aromatic rings. The second-order valence-electron chi connectivity index (χ2n) is 7.85. The first kappa shape index (κ1) is 17.0. The molecule has 2 bridgehead atoms. The Labute approximate surface area is 159 Å². The lowest BCUT2D eigenvalue weighted by molar-refractivity contribution is -0.137. The number of nitrogens with zero attached hydrogens (tertiary/aromatic N) is 3. The molecule has 4 fully saturated rings. The standard InChI is InChI=1S/C20H26N4O3/c1-25-16-7-13-9-18(22-10-14(13)8-17(16)26-2)24-12-20(27-19(24)21)11-23-5-3-15(20)4-6-23/h7-10,15,19H,3-6,11-12,21H2,1-2H3. The van der Waals surface area contributed by atoms with Crippen LogP contribution < -0.4 is 20.1 Å². The number of pyridine rings is 1. The largest absolute Gasteiger partial charge is 0.493 e. The highest BCUT2D eigenvalue weighted by atomic mass is 16.6. The summed E-state index contributed by atoms with van der Waals surface area (Å²) in [4.78, 5) is 9.26. The van der Waals surface area contributed by atoms with E-state index in [1.165, 1.54) is 25.9 Å². The number of anilines is 1. The van der Waals surface area contributed by atoms with Gasteiger partial charge in [0.25, 0.3) is 0 Å². The molecule has 7 nitrogen and oxygen atoms in total. The van der Waals surface area contributed by atoms with Gasteiger partial charge in [0.1, 0.15) is 11.4 Å². The lowest BCUT2D eigenvalue weighted by Gasteiger charge is -2.50. The van der Waals surface area contributed by atoms with E-state index in [-0.39, 0.29) is 5.60 Å². The van der Waals surface area contributed by atoms with Gasteiger partial charge in [0.2, 0.25) is 0 Å². The van der Waals surface area contributed by atoms with Crippen LogP contribution >= 0.6 is 0 Å². The number of piperidine rings is 3. The van der Waals surface area contributed by atoms with Crippen LogP contribution in [0.5, 0.6) is 11.5 Å². The van der Waals surface area contributed by atoms with Crippen LogP contribution in [0, 0.1) is 5.92 Å². The Kier molecular flexibility index (Phi) is 3.93. The van der Waals surface area contributed by atoms with Gasteiger partial charge in [-0.15, -0.1) is 0 Å². The van der Waals surface area contributed by atoms with Gasteiger partial charge in [-0.3, -0.25) is 5.73 Å². The number of rotatable bonds is 3. The van der Waals surface area contributed by atoms with E-state index in [1.54, 1.807) is 14.2 Å². The SMILES string of the molecule is COc1cc2cnc(N3CC4(CN5CCC4CC5)OC3N)cc2cc1OC. The minimum absolute atomic E-state index is 0.163. The van der Waals surface area contributed by atoms with Crippen LogP contribution in [0.2, 0.25) is 0 Å². The van der Waals surface area contributed by atoms with Crippen LogP contribution in [-0.4, -0.2) is 62.2 Å². The predicted molar refractivity (Wildman–Crippen MR) is 103 cm³/mol. The molecule has 6 rings (SSSR count). The van der Waals surface area contributed by atoms with Crippen molar-refractivity contribution in [1.82, 2.24) is 9.88 Å². The summed E-state index contributed by atoms with van der Waals surface area (Å²) in [7, 11) is 3.28. The molecule has 2 N–H and O–H groups in total. The average molecular weight is 370 g/mol. The Morgan fingerprint density at radius 1 is 1.07 bits per heavy atom. The molecular formula is C20H26N4O3. The lowest BCUT2D eigenvalue weighted by Crippen LogP contribution is -2.61. The summed E-state index contributed by atoms with van der Waals surface area (Å²) in [6, 6.07) is 5.98. The Hall–Kier alpha value is -2.09. The van der Waals surface area contributed by atoms with Gasteiger partial charge >= 0.3 is 0 Å². The summed E-state index contributed by atoms with van der Waals surface area (Å²) >= 11 is 0. The fourth-order valence-electron chi connectivity index (χ4n) is 4.98. The molecular weight excluding hydrogens is 344 g/mol. The first-order chi connectivity index (χ1) is 13.1. The Morgan fingerprint density at radius 3 is 2.41 bits per heavy atom. The van der Waals surface area contributed by atoms with Gasteiger partial charge in [-0.05, 0) is 55.4 Å². The predicted octanol–water partition coefficient (Wildman–Crippen LogP) is 1.80. The number of aromatic nitrogens is 1. The Balaban J connectivity index is 1.48. The fraction of sp³-hybridized carbons (Fsp3) is 0.550. The van der Waals surface area contributed by atoms with Crippen molar-refractivity contribution in [3.05, 3.63) is 24.4 Å². The molecule has 0 amide bonds. The van der Waals surface area contributed by atoms with Crippen molar-refractivity contribution < 1.29 is 14.2 Å². The van der Waals surface area contributed by atoms with E-state index in [4.69, 9.17) is 19.9 Å². The summed E-state index contributed by atoms with van der Waals surface area (Å²) in [5, 5.41) is 2.04. The van der Waals surface area contributed by atoms with Gasteiger partial charge in [0, 0.05) is 18.1 Å². The van der Waals surface area contributed by atoms with Gasteiger partial charge < -0.3 is 24.0 Å². The molecule has 4 aliphatic heterocycles. The number of fused-ring (bicyclic) bond motifs is 3. The molecule has 2 unspecified atom stereocenters. The van der Waals surface area contributed by atoms with Crippen LogP contribution in [0.15, 0.2) is 24.4 Å². The molecule has 4 saturated heterocycles. The maximum atomic E-state index is 6.39. The van der Waals surface area contributed by atoms with E-state index in [2.05, 4.69) is 20.9 Å². The van der Waals surface area contributed by atoms with Crippen LogP contribution in [0.4, 0.5) is 5.82 Å². The highest BCUT2D eigenvalue weighted by Crippen LogP contribution is 2.44. The smallest absolute Gasteiger partial charge is 0.186 e. The van der Waals surface area contributed by atoms with Crippen molar-refractivity contribution in [2.45, 2.75) is 24.8 Å². The monoisotopic (exact) mass is 370 g/mol. The van der Waals surface area contributed by atoms with Gasteiger partial charge in [0.15, 0.2) is 17.9 Å². The van der Waals surface area contributed by atoms with Crippen LogP contribution in [0.25, 0.3) is 10.8 Å². The summed E-state index contributed by atoms with van der Waals surface area (Å²) in [5.41, 5.74) is 6.23. The van der Waals surface area contributed by atoms with Crippen molar-refractivity contribution in [1.29, 1.82) is 0 Å². The highest BCUT2D eigenvalue weighted by molar-refractivity contribution is 5.87. The number of methoxy groups -OCH3 is 2. The molecule has 0 saturated carbocycles. The quantitative estimate of drug-likeness (QED) is 0.883. The molecule has 1 spiro atoms. The van der Waals surface area contributed by atoms with E-state index < -0.39 is 6.35 Å². The van der Waals surface area contributed by atoms with Crippen molar-refractivity contribution >= 4 is 16.6 Å². The first-order valence-electron chi connectivity index (χ1n) is 9.56. The van der Waals surface area contributed by atoms with Crippen LogP contribution in [0.3, 0.4) is 0 Å². The molecule has 1 aromatic heterocycles. The van der Waals surface area contributed by atoms with Gasteiger partial charge in [-0.1, -0.05) is 0 Å². The minimum Gasteiger partial charge on any atom is -0.493 e. The maximum Gasteiger partial charge on any atom is 0.186 e. The van der Waals surface area contributed by atoms with E-state index >= 15 is 0 Å². The average Bonchev–Trinajstić information content (AvgIpc) is 3.02. The van der Waals surface area contributed by atoms with Crippen molar-refractivity contribution in [2.75, 3.05) is 45.3 Å². The van der Waals surface area contributed by atoms with E-state index in [0.29, 0.717) is 17.4 Å². The molecule has 0 radical (unpaired) electrons.